The predicted molar refractivity (Wildman–Crippen MR) is 100 cm³/mol. The fourth-order valence-corrected chi connectivity index (χ4v) is 4.06. The Kier molecular flexibility index (Phi) is 7.45. The van der Waals surface area contributed by atoms with E-state index < -0.39 is 0 Å². The summed E-state index contributed by atoms with van der Waals surface area (Å²) in [7, 11) is 1.74. The third kappa shape index (κ3) is 4.97. The van der Waals surface area contributed by atoms with E-state index in [0.29, 0.717) is 11.3 Å². The summed E-state index contributed by atoms with van der Waals surface area (Å²) in [6, 6.07) is 8.29. The number of carboxylic acid groups (broad SMARTS) is 1. The van der Waals surface area contributed by atoms with Crippen molar-refractivity contribution in [3.63, 3.8) is 0 Å². The van der Waals surface area contributed by atoms with Crippen molar-refractivity contribution in [1.29, 1.82) is 0 Å². The van der Waals surface area contributed by atoms with Crippen LogP contribution in [0.25, 0.3) is 0 Å². The molecule has 0 aliphatic carbocycles. The number of carbonyl (C=O) groups is 2. The number of para-hydroxylation sites is 1. The van der Waals surface area contributed by atoms with Crippen LogP contribution < -0.4 is 4.74 Å². The maximum Gasteiger partial charge on any atom is 0.290 e. The third-order valence-electron chi connectivity index (χ3n) is 5.63. The van der Waals surface area contributed by atoms with Crippen LogP contribution in [-0.4, -0.2) is 60.6 Å². The molecular weight excluding hydrogens is 332 g/mol. The highest BCUT2D eigenvalue weighted by molar-refractivity contribution is 5.77. The maximum atomic E-state index is 11.9. The SMILES string of the molecule is CCN1CC2(CCC1=O)CCN(Cc1ccccc1OC)CC2.O=CO. The van der Waals surface area contributed by atoms with E-state index in [1.54, 1.807) is 7.11 Å². The van der Waals surface area contributed by atoms with Gasteiger partial charge in [0, 0.05) is 31.6 Å². The first-order chi connectivity index (χ1) is 12.6. The van der Waals surface area contributed by atoms with Gasteiger partial charge in [0.2, 0.25) is 5.91 Å². The number of benzene rings is 1. The third-order valence-corrected chi connectivity index (χ3v) is 5.63. The maximum absolute atomic E-state index is 11.9. The Hall–Kier alpha value is -2.08. The molecule has 2 aliphatic heterocycles. The molecule has 1 amide bonds. The molecule has 2 saturated heterocycles. The van der Waals surface area contributed by atoms with Crippen LogP contribution in [0.4, 0.5) is 0 Å². The van der Waals surface area contributed by atoms with Gasteiger partial charge in [0.1, 0.15) is 5.75 Å². The normalized spacial score (nSPS) is 19.6. The lowest BCUT2D eigenvalue weighted by atomic mass is 9.72. The molecule has 0 aromatic heterocycles. The number of hydrogen-bond acceptors (Lipinski definition) is 4. The first-order valence-electron chi connectivity index (χ1n) is 9.27. The highest BCUT2D eigenvalue weighted by Crippen LogP contribution is 2.40. The van der Waals surface area contributed by atoms with Crippen molar-refractivity contribution in [2.24, 2.45) is 5.41 Å². The van der Waals surface area contributed by atoms with Crippen molar-refractivity contribution in [2.75, 3.05) is 33.3 Å². The highest BCUT2D eigenvalue weighted by Gasteiger charge is 2.40. The van der Waals surface area contributed by atoms with Gasteiger partial charge in [-0.3, -0.25) is 14.5 Å². The number of rotatable bonds is 4. The highest BCUT2D eigenvalue weighted by atomic mass is 16.5. The zero-order valence-electron chi connectivity index (χ0n) is 15.8. The molecule has 0 radical (unpaired) electrons. The number of piperidine rings is 2. The van der Waals surface area contributed by atoms with E-state index in [2.05, 4.69) is 28.9 Å². The number of hydrogen-bond donors (Lipinski definition) is 1. The van der Waals surface area contributed by atoms with Gasteiger partial charge < -0.3 is 14.7 Å². The van der Waals surface area contributed by atoms with E-state index in [-0.39, 0.29) is 6.47 Å². The molecule has 1 spiro atoms. The van der Waals surface area contributed by atoms with Crippen molar-refractivity contribution in [2.45, 2.75) is 39.2 Å². The molecule has 0 atom stereocenters. The lowest BCUT2D eigenvalue weighted by molar-refractivity contribution is -0.138. The van der Waals surface area contributed by atoms with Crippen LogP contribution in [0.1, 0.15) is 38.2 Å². The Labute approximate surface area is 155 Å². The Morgan fingerprint density at radius 3 is 2.50 bits per heavy atom. The smallest absolute Gasteiger partial charge is 0.290 e. The van der Waals surface area contributed by atoms with Gasteiger partial charge in [0.25, 0.3) is 6.47 Å². The Morgan fingerprint density at radius 2 is 1.88 bits per heavy atom. The van der Waals surface area contributed by atoms with E-state index in [9.17, 15) is 4.79 Å². The van der Waals surface area contributed by atoms with Gasteiger partial charge in [-0.05, 0) is 50.8 Å². The van der Waals surface area contributed by atoms with Crippen LogP contribution in [0, 0.1) is 5.41 Å². The molecule has 3 rings (SSSR count). The summed E-state index contributed by atoms with van der Waals surface area (Å²) in [5.41, 5.74) is 1.63. The second-order valence-corrected chi connectivity index (χ2v) is 7.10. The fraction of sp³-hybridized carbons (Fsp3) is 0.600. The van der Waals surface area contributed by atoms with Gasteiger partial charge >= 0.3 is 0 Å². The standard InChI is InChI=1S/C19H28N2O2.CH2O2/c1-3-21-15-19(9-8-18(21)22)10-12-20(13-11-19)14-16-6-4-5-7-17(16)23-2;2-1-3/h4-7H,3,8-15H2,1-2H3;1H,(H,2,3). The number of likely N-dealkylation sites (tertiary alicyclic amines) is 2. The molecular formula is C20H30N2O4. The summed E-state index contributed by atoms with van der Waals surface area (Å²) < 4.78 is 5.47. The van der Waals surface area contributed by atoms with Crippen LogP contribution in [0.3, 0.4) is 0 Å². The second-order valence-electron chi connectivity index (χ2n) is 7.10. The van der Waals surface area contributed by atoms with Crippen LogP contribution in [-0.2, 0) is 16.1 Å². The summed E-state index contributed by atoms with van der Waals surface area (Å²) >= 11 is 0. The molecule has 6 heteroatoms. The van der Waals surface area contributed by atoms with Crippen molar-refractivity contribution in [1.82, 2.24) is 9.80 Å². The predicted octanol–water partition coefficient (Wildman–Crippen LogP) is 2.62. The first-order valence-corrected chi connectivity index (χ1v) is 9.27. The van der Waals surface area contributed by atoms with Gasteiger partial charge in [-0.15, -0.1) is 0 Å². The van der Waals surface area contributed by atoms with Crippen LogP contribution in [0.15, 0.2) is 24.3 Å². The van der Waals surface area contributed by atoms with Crippen LogP contribution in [0.2, 0.25) is 0 Å². The summed E-state index contributed by atoms with van der Waals surface area (Å²) in [5.74, 6) is 1.32. The number of nitrogens with zero attached hydrogens (tertiary/aromatic N) is 2. The van der Waals surface area contributed by atoms with Crippen LogP contribution in [0.5, 0.6) is 5.75 Å². The van der Waals surface area contributed by atoms with Gasteiger partial charge in [-0.1, -0.05) is 18.2 Å². The molecule has 0 unspecified atom stereocenters. The Bertz CT molecular complexity index is 597. The van der Waals surface area contributed by atoms with Crippen LogP contribution >= 0.6 is 0 Å². The van der Waals surface area contributed by atoms with E-state index in [1.807, 2.05) is 12.1 Å². The largest absolute Gasteiger partial charge is 0.496 e. The van der Waals surface area contributed by atoms with E-state index >= 15 is 0 Å². The summed E-state index contributed by atoms with van der Waals surface area (Å²) in [6.45, 7) is 6.84. The van der Waals surface area contributed by atoms with Gasteiger partial charge in [0.05, 0.1) is 7.11 Å². The quantitative estimate of drug-likeness (QED) is 0.834. The molecule has 2 fully saturated rings. The minimum Gasteiger partial charge on any atom is -0.496 e. The fourth-order valence-electron chi connectivity index (χ4n) is 4.06. The van der Waals surface area contributed by atoms with Crippen molar-refractivity contribution < 1.29 is 19.4 Å². The average molecular weight is 362 g/mol. The molecule has 26 heavy (non-hydrogen) atoms. The second kappa shape index (κ2) is 9.57. The zero-order valence-corrected chi connectivity index (χ0v) is 15.8. The first kappa shape index (κ1) is 20.2. The molecule has 0 saturated carbocycles. The number of methoxy groups -OCH3 is 1. The van der Waals surface area contributed by atoms with Gasteiger partial charge in [0.15, 0.2) is 0 Å². The summed E-state index contributed by atoms with van der Waals surface area (Å²) in [4.78, 5) is 24.9. The molecule has 2 aliphatic rings. The number of amides is 1. The van der Waals surface area contributed by atoms with E-state index in [0.717, 1.165) is 51.3 Å². The van der Waals surface area contributed by atoms with Gasteiger partial charge in [-0.25, -0.2) is 0 Å². The number of ether oxygens (including phenoxy) is 1. The monoisotopic (exact) mass is 362 g/mol. The molecule has 144 valence electrons. The lowest BCUT2D eigenvalue weighted by Gasteiger charge is -2.47. The molecule has 6 nitrogen and oxygen atoms in total. The van der Waals surface area contributed by atoms with Gasteiger partial charge in [-0.2, -0.15) is 0 Å². The number of carbonyl (C=O) groups excluding carboxylic acids is 1. The van der Waals surface area contributed by atoms with E-state index in [1.165, 1.54) is 18.4 Å². The molecule has 1 N–H and O–H groups in total. The molecule has 1 aromatic carbocycles. The Morgan fingerprint density at radius 1 is 1.23 bits per heavy atom. The summed E-state index contributed by atoms with van der Waals surface area (Å²) in [6.07, 6.45) is 4.21. The summed E-state index contributed by atoms with van der Waals surface area (Å²) in [5, 5.41) is 6.89. The average Bonchev–Trinajstić information content (AvgIpc) is 2.67. The molecule has 2 heterocycles. The van der Waals surface area contributed by atoms with Crippen molar-refractivity contribution in [3.8, 4) is 5.75 Å². The van der Waals surface area contributed by atoms with Crippen molar-refractivity contribution >= 4 is 12.4 Å². The molecule has 0 bridgehead atoms. The topological polar surface area (TPSA) is 70.1 Å². The minimum atomic E-state index is -0.250. The Balaban J connectivity index is 0.000000758. The lowest BCUT2D eigenvalue weighted by Crippen LogP contribution is -2.51. The zero-order chi connectivity index (χ0) is 19.0. The van der Waals surface area contributed by atoms with Crippen molar-refractivity contribution in [3.05, 3.63) is 29.8 Å². The minimum absolute atomic E-state index is 0.250. The molecule has 1 aromatic rings. The van der Waals surface area contributed by atoms with E-state index in [4.69, 9.17) is 14.6 Å².